The van der Waals surface area contributed by atoms with Crippen LogP contribution in [-0.2, 0) is 30.2 Å². The lowest BCUT2D eigenvalue weighted by Crippen LogP contribution is -2.57. The van der Waals surface area contributed by atoms with E-state index in [4.69, 9.17) is 15.2 Å². The molecule has 0 saturated carbocycles. The van der Waals surface area contributed by atoms with Crippen LogP contribution < -0.4 is 15.2 Å². The predicted octanol–water partition coefficient (Wildman–Crippen LogP) is 2.18. The third-order valence-corrected chi connectivity index (χ3v) is 10.7. The number of nitrogens with one attached hydrogen (secondary N) is 1. The Hall–Kier alpha value is -3.42. The second-order valence-corrected chi connectivity index (χ2v) is 13.7. The number of aromatic nitrogens is 2. The number of amides is 1. The number of H-pyrrole nitrogens is 1. The molecular weight excluding hydrogens is 532 g/mol. The van der Waals surface area contributed by atoms with Gasteiger partial charge in [-0.25, -0.2) is 16.8 Å². The first-order chi connectivity index (χ1) is 18.0. The van der Waals surface area contributed by atoms with Gasteiger partial charge < -0.3 is 20.1 Å². The van der Waals surface area contributed by atoms with Gasteiger partial charge >= 0.3 is 0 Å². The van der Waals surface area contributed by atoms with E-state index in [0.29, 0.717) is 17.7 Å². The number of carbonyl (C=O) groups is 1. The number of hydrogen-bond donors (Lipinski definition) is 2. The summed E-state index contributed by atoms with van der Waals surface area (Å²) in [6.07, 6.45) is 0.860. The molecule has 0 aliphatic carbocycles. The minimum Gasteiger partial charge on any atom is -0.454 e. The Morgan fingerprint density at radius 1 is 1.11 bits per heavy atom. The number of fused-ring (bicyclic) bond motifs is 1. The Morgan fingerprint density at radius 2 is 1.82 bits per heavy atom. The van der Waals surface area contributed by atoms with Gasteiger partial charge in [0.2, 0.25) is 12.7 Å². The zero-order chi connectivity index (χ0) is 27.6. The van der Waals surface area contributed by atoms with E-state index < -0.39 is 48.0 Å². The number of rotatable bonds is 11. The fraction of sp³-hybridized carbons (Fsp3) is 0.360. The van der Waals surface area contributed by atoms with Crippen molar-refractivity contribution < 1.29 is 31.1 Å². The highest BCUT2D eigenvalue weighted by atomic mass is 32.2. The van der Waals surface area contributed by atoms with E-state index in [1.54, 1.807) is 30.3 Å². The Morgan fingerprint density at radius 3 is 2.47 bits per heavy atom. The number of aromatic amines is 1. The topological polar surface area (TPSA) is 162 Å². The molecule has 2 atom stereocenters. The zero-order valence-corrected chi connectivity index (χ0v) is 22.7. The second kappa shape index (κ2) is 10.8. The van der Waals surface area contributed by atoms with Crippen LogP contribution in [0, 0.1) is 0 Å². The van der Waals surface area contributed by atoms with Crippen LogP contribution in [0.25, 0.3) is 0 Å². The molecule has 204 valence electrons. The molecule has 0 fully saturated rings. The van der Waals surface area contributed by atoms with E-state index in [2.05, 4.69) is 10.2 Å². The average molecular weight is 563 g/mol. The van der Waals surface area contributed by atoms with Gasteiger partial charge in [0.25, 0.3) is 0 Å². The van der Waals surface area contributed by atoms with E-state index in [-0.39, 0.29) is 29.7 Å². The Bertz CT molecular complexity index is 1490. The fourth-order valence-corrected chi connectivity index (χ4v) is 8.61. The molecule has 2 aromatic carbocycles. The number of hydrogen-bond acceptors (Lipinski definition) is 9. The van der Waals surface area contributed by atoms with E-state index >= 15 is 0 Å². The molecule has 1 aromatic heterocycles. The van der Waals surface area contributed by atoms with Crippen LogP contribution in [0.5, 0.6) is 11.5 Å². The van der Waals surface area contributed by atoms with Gasteiger partial charge in [-0.15, -0.1) is 0 Å². The Kier molecular flexibility index (Phi) is 7.81. The molecule has 1 amide bonds. The standard InChI is InChI=1S/C25H30N4O7S2/c1-3-13-29(23(26)18-7-5-4-6-8-18)24(30)25(2,16-37(31,32)15-19-11-12-27-28-19)38(33,34)20-9-10-21-22(14-20)36-17-35-21/h4-12,14,23H,3,13,15-17,26H2,1-2H3,(H,27,28)/t23-,25-/m0/s1. The highest BCUT2D eigenvalue weighted by Crippen LogP contribution is 2.38. The van der Waals surface area contributed by atoms with Crippen LogP contribution in [0.1, 0.15) is 37.7 Å². The molecule has 0 bridgehead atoms. The Labute approximate surface area is 221 Å². The molecule has 0 unspecified atom stereocenters. The number of nitrogens with two attached hydrogens (primary N) is 1. The Balaban J connectivity index is 1.81. The van der Waals surface area contributed by atoms with Gasteiger partial charge in [-0.3, -0.25) is 9.89 Å². The van der Waals surface area contributed by atoms with Crippen molar-refractivity contribution in [3.8, 4) is 11.5 Å². The van der Waals surface area contributed by atoms with Crippen molar-refractivity contribution in [3.63, 3.8) is 0 Å². The molecule has 13 heteroatoms. The summed E-state index contributed by atoms with van der Waals surface area (Å²) >= 11 is 0. The summed E-state index contributed by atoms with van der Waals surface area (Å²) in [5, 5.41) is 6.32. The van der Waals surface area contributed by atoms with Gasteiger partial charge in [0.05, 0.1) is 22.1 Å². The van der Waals surface area contributed by atoms with E-state index in [9.17, 15) is 21.6 Å². The van der Waals surface area contributed by atoms with Crippen LogP contribution in [0.15, 0.2) is 65.7 Å². The highest BCUT2D eigenvalue weighted by molar-refractivity contribution is 7.96. The van der Waals surface area contributed by atoms with Crippen molar-refractivity contribution in [1.82, 2.24) is 15.1 Å². The summed E-state index contributed by atoms with van der Waals surface area (Å²) in [5.74, 6) is -1.88. The molecule has 0 radical (unpaired) electrons. The number of carbonyl (C=O) groups excluding carboxylic acids is 1. The van der Waals surface area contributed by atoms with Gasteiger partial charge in [0, 0.05) is 18.8 Å². The van der Waals surface area contributed by atoms with Crippen molar-refractivity contribution in [3.05, 3.63) is 72.1 Å². The smallest absolute Gasteiger partial charge is 0.246 e. The summed E-state index contributed by atoms with van der Waals surface area (Å²) in [7, 11) is -8.74. The molecule has 0 saturated heterocycles. The number of sulfone groups is 2. The molecule has 11 nitrogen and oxygen atoms in total. The summed E-state index contributed by atoms with van der Waals surface area (Å²) in [6, 6.07) is 14.1. The van der Waals surface area contributed by atoms with Crippen molar-refractivity contribution in [2.45, 2.75) is 41.8 Å². The van der Waals surface area contributed by atoms with Crippen LogP contribution in [0.3, 0.4) is 0 Å². The number of benzene rings is 2. The molecule has 1 aliphatic rings. The summed E-state index contributed by atoms with van der Waals surface area (Å²) < 4.78 is 63.2. The maximum absolute atomic E-state index is 14.2. The van der Waals surface area contributed by atoms with Crippen molar-refractivity contribution in [1.29, 1.82) is 0 Å². The third kappa shape index (κ3) is 5.40. The lowest BCUT2D eigenvalue weighted by molar-refractivity contribution is -0.135. The van der Waals surface area contributed by atoms with Gasteiger partial charge in [-0.1, -0.05) is 37.3 Å². The lowest BCUT2D eigenvalue weighted by Gasteiger charge is -2.37. The van der Waals surface area contributed by atoms with E-state index in [1.807, 2.05) is 6.92 Å². The number of ether oxygens (including phenoxy) is 2. The minimum absolute atomic E-state index is 0.0796. The van der Waals surface area contributed by atoms with Gasteiger partial charge in [0.15, 0.2) is 35.9 Å². The minimum atomic E-state index is -4.60. The van der Waals surface area contributed by atoms with Crippen LogP contribution in [0.4, 0.5) is 0 Å². The van der Waals surface area contributed by atoms with Crippen molar-refractivity contribution in [2.75, 3.05) is 19.1 Å². The SMILES string of the molecule is CCCN(C(=O)[C@](C)(CS(=O)(=O)Cc1ccn[nH]1)S(=O)(=O)c1ccc2c(c1)OCO2)[C@H](N)c1ccccc1. The van der Waals surface area contributed by atoms with Crippen LogP contribution in [-0.4, -0.2) is 61.7 Å². The van der Waals surface area contributed by atoms with Crippen molar-refractivity contribution >= 4 is 25.6 Å². The normalized spacial score (nSPS) is 15.6. The third-order valence-electron chi connectivity index (χ3n) is 6.33. The maximum Gasteiger partial charge on any atom is 0.246 e. The molecule has 0 spiro atoms. The van der Waals surface area contributed by atoms with Crippen LogP contribution >= 0.6 is 0 Å². The molecule has 3 aromatic rings. The average Bonchev–Trinajstić information content (AvgIpc) is 3.57. The van der Waals surface area contributed by atoms with E-state index in [0.717, 1.165) is 6.92 Å². The van der Waals surface area contributed by atoms with Gasteiger partial charge in [-0.05, 0) is 37.1 Å². The number of nitrogens with zero attached hydrogens (tertiary/aromatic N) is 2. The first kappa shape index (κ1) is 27.6. The summed E-state index contributed by atoms with van der Waals surface area (Å²) in [6.45, 7) is 2.99. The first-order valence-electron chi connectivity index (χ1n) is 11.9. The lowest BCUT2D eigenvalue weighted by atomic mass is 10.1. The largest absolute Gasteiger partial charge is 0.454 e. The van der Waals surface area contributed by atoms with Gasteiger partial charge in [-0.2, -0.15) is 5.10 Å². The highest BCUT2D eigenvalue weighted by Gasteiger charge is 2.53. The molecular formula is C25H30N4O7S2. The maximum atomic E-state index is 14.2. The first-order valence-corrected chi connectivity index (χ1v) is 15.2. The zero-order valence-electron chi connectivity index (χ0n) is 21.0. The molecule has 3 N–H and O–H groups in total. The van der Waals surface area contributed by atoms with Crippen molar-refractivity contribution in [2.24, 2.45) is 5.73 Å². The molecule has 4 rings (SSSR count). The predicted molar refractivity (Wildman–Crippen MR) is 140 cm³/mol. The summed E-state index contributed by atoms with van der Waals surface area (Å²) in [5.41, 5.74) is 7.31. The van der Waals surface area contributed by atoms with Gasteiger partial charge in [0.1, 0.15) is 6.17 Å². The fourth-order valence-electron chi connectivity index (χ4n) is 4.37. The molecule has 2 heterocycles. The molecule has 1 aliphatic heterocycles. The summed E-state index contributed by atoms with van der Waals surface area (Å²) in [4.78, 5) is 15.2. The monoisotopic (exact) mass is 562 g/mol. The van der Waals surface area contributed by atoms with Crippen LogP contribution in [0.2, 0.25) is 0 Å². The van der Waals surface area contributed by atoms with E-state index in [1.165, 1.54) is 35.4 Å². The molecule has 38 heavy (non-hydrogen) atoms. The quantitative estimate of drug-likeness (QED) is 0.334. The second-order valence-electron chi connectivity index (χ2n) is 9.22.